The summed E-state index contributed by atoms with van der Waals surface area (Å²) in [5, 5.41) is 15.5. The maximum Gasteiger partial charge on any atom is 0.254 e. The molecule has 34 heavy (non-hydrogen) atoms. The Hall–Kier alpha value is -3.68. The number of hydrogen-bond donors (Lipinski definition) is 1. The normalized spacial score (nSPS) is 27.6. The molecule has 0 unspecified atom stereocenters. The molecule has 1 saturated heterocycles. The summed E-state index contributed by atoms with van der Waals surface area (Å²) in [5.74, 6) is 0.0163. The van der Waals surface area contributed by atoms with E-state index in [1.807, 2.05) is 60.1 Å². The zero-order chi connectivity index (χ0) is 23.1. The van der Waals surface area contributed by atoms with Crippen LogP contribution in [-0.2, 0) is 21.8 Å². The van der Waals surface area contributed by atoms with Crippen LogP contribution in [0.2, 0.25) is 0 Å². The fraction of sp³-hybridized carbons (Fsp3) is 0.259. The van der Waals surface area contributed by atoms with Crippen LogP contribution >= 0.6 is 0 Å². The first-order chi connectivity index (χ1) is 16.4. The van der Waals surface area contributed by atoms with Gasteiger partial charge in [-0.15, -0.1) is 0 Å². The Kier molecular flexibility index (Phi) is 3.03. The Labute approximate surface area is 193 Å². The van der Waals surface area contributed by atoms with Crippen molar-refractivity contribution in [2.45, 2.75) is 37.4 Å². The van der Waals surface area contributed by atoms with Crippen molar-refractivity contribution in [1.29, 1.82) is 0 Å². The first kappa shape index (κ1) is 18.7. The summed E-state index contributed by atoms with van der Waals surface area (Å²) < 4.78 is 10.8. The highest BCUT2D eigenvalue weighted by Crippen LogP contribution is 2.57. The molecule has 2 aromatic heterocycles. The number of carbonyl (C=O) groups is 2. The highest BCUT2D eigenvalue weighted by molar-refractivity contribution is 6.31. The number of aromatic nitrogens is 2. The van der Waals surface area contributed by atoms with Gasteiger partial charge in [0.15, 0.2) is 17.6 Å². The summed E-state index contributed by atoms with van der Waals surface area (Å²) in [6.45, 7) is 2.31. The molecule has 1 amide bonds. The number of aldehydes is 1. The molecular formula is C27H21N3O4. The summed E-state index contributed by atoms with van der Waals surface area (Å²) in [4.78, 5) is 27.7. The van der Waals surface area contributed by atoms with Gasteiger partial charge in [-0.25, -0.2) is 0 Å². The summed E-state index contributed by atoms with van der Waals surface area (Å²) in [6.07, 6.45) is 0.197. The monoisotopic (exact) mass is 451 g/mol. The number of carbonyl (C=O) groups excluding carboxylic acids is 2. The molecule has 0 saturated carbocycles. The van der Waals surface area contributed by atoms with Crippen molar-refractivity contribution >= 4 is 55.8 Å². The van der Waals surface area contributed by atoms with Crippen molar-refractivity contribution in [2.75, 3.05) is 7.05 Å². The minimum Gasteiger partial charge on any atom is -0.377 e. The van der Waals surface area contributed by atoms with E-state index in [9.17, 15) is 14.7 Å². The van der Waals surface area contributed by atoms with E-state index < -0.39 is 17.6 Å². The molecule has 8 rings (SSSR count). The number of amides is 1. The lowest BCUT2D eigenvalue weighted by molar-refractivity contribution is -0.177. The first-order valence-electron chi connectivity index (χ1n) is 11.5. The van der Waals surface area contributed by atoms with Gasteiger partial charge in [-0.2, -0.15) is 0 Å². The van der Waals surface area contributed by atoms with E-state index in [1.165, 1.54) is 0 Å². The van der Waals surface area contributed by atoms with Crippen molar-refractivity contribution < 1.29 is 19.4 Å². The Balaban J connectivity index is 1.78. The van der Waals surface area contributed by atoms with E-state index in [0.717, 1.165) is 54.7 Å². The highest BCUT2D eigenvalue weighted by atomic mass is 16.6. The fourth-order valence-corrected chi connectivity index (χ4v) is 6.84. The molecule has 3 atom stereocenters. The van der Waals surface area contributed by atoms with Gasteiger partial charge in [0.05, 0.1) is 27.6 Å². The van der Waals surface area contributed by atoms with Crippen molar-refractivity contribution in [2.24, 2.45) is 0 Å². The lowest BCUT2D eigenvalue weighted by Crippen LogP contribution is -2.51. The second-order valence-electron chi connectivity index (χ2n) is 10.0. The Morgan fingerprint density at radius 2 is 1.71 bits per heavy atom. The first-order valence-corrected chi connectivity index (χ1v) is 11.5. The number of aliphatic hydroxyl groups is 1. The molecular weight excluding hydrogens is 430 g/mol. The summed E-state index contributed by atoms with van der Waals surface area (Å²) in [6, 6.07) is 16.0. The molecule has 2 bridgehead atoms. The molecule has 3 aromatic carbocycles. The van der Waals surface area contributed by atoms with Crippen LogP contribution in [0, 0.1) is 0 Å². The molecule has 7 heteroatoms. The van der Waals surface area contributed by atoms with E-state index in [1.54, 1.807) is 11.8 Å². The van der Waals surface area contributed by atoms with Crippen molar-refractivity contribution in [3.8, 4) is 0 Å². The van der Waals surface area contributed by atoms with Crippen molar-refractivity contribution in [1.82, 2.24) is 14.0 Å². The largest absolute Gasteiger partial charge is 0.377 e. The smallest absolute Gasteiger partial charge is 0.254 e. The number of benzene rings is 3. The van der Waals surface area contributed by atoms with Crippen LogP contribution in [0.4, 0.5) is 0 Å². The topological polar surface area (TPSA) is 76.7 Å². The van der Waals surface area contributed by atoms with Crippen LogP contribution in [0.3, 0.4) is 0 Å². The minimum absolute atomic E-state index is 0.0163. The number of para-hydroxylation sites is 2. The SMILES string of the molecule is CN1Cc2c(c3c4ccccc4n4c3c3c2c2ccccc2n3[C@@]2(C)O[C@@H]4C[C@]2(O)C=O)C1=O. The molecule has 1 N–H and O–H groups in total. The molecule has 5 heterocycles. The van der Waals surface area contributed by atoms with Gasteiger partial charge in [0, 0.05) is 41.6 Å². The molecule has 7 nitrogen and oxygen atoms in total. The highest BCUT2D eigenvalue weighted by Gasteiger charge is 2.61. The maximum atomic E-state index is 13.5. The minimum atomic E-state index is -1.71. The van der Waals surface area contributed by atoms with Gasteiger partial charge in [-0.05, 0) is 24.6 Å². The Morgan fingerprint density at radius 3 is 2.44 bits per heavy atom. The third-order valence-electron chi connectivity index (χ3n) is 8.38. The van der Waals surface area contributed by atoms with Crippen molar-refractivity contribution in [3.63, 3.8) is 0 Å². The quantitative estimate of drug-likeness (QED) is 0.391. The summed E-state index contributed by atoms with van der Waals surface area (Å²) in [5.41, 5.74) is 2.34. The van der Waals surface area contributed by atoms with Gasteiger partial charge in [0.25, 0.3) is 5.91 Å². The van der Waals surface area contributed by atoms with Crippen LogP contribution in [-0.4, -0.2) is 44.0 Å². The van der Waals surface area contributed by atoms with Gasteiger partial charge >= 0.3 is 0 Å². The van der Waals surface area contributed by atoms with Gasteiger partial charge in [0.2, 0.25) is 0 Å². The van der Waals surface area contributed by atoms with Crippen molar-refractivity contribution in [3.05, 3.63) is 59.7 Å². The summed E-state index contributed by atoms with van der Waals surface area (Å²) >= 11 is 0. The van der Waals surface area contributed by atoms with Gasteiger partial charge in [-0.3, -0.25) is 9.59 Å². The molecule has 3 aliphatic heterocycles. The third-order valence-corrected chi connectivity index (χ3v) is 8.38. The van der Waals surface area contributed by atoms with Crippen LogP contribution in [0.1, 0.15) is 35.5 Å². The molecule has 5 aromatic rings. The number of ether oxygens (including phenoxy) is 1. The fourth-order valence-electron chi connectivity index (χ4n) is 6.84. The molecule has 0 radical (unpaired) electrons. The second-order valence-corrected chi connectivity index (χ2v) is 10.0. The number of hydrogen-bond acceptors (Lipinski definition) is 4. The lowest BCUT2D eigenvalue weighted by atomic mass is 9.90. The van der Waals surface area contributed by atoms with Crippen LogP contribution in [0.5, 0.6) is 0 Å². The van der Waals surface area contributed by atoms with Crippen LogP contribution in [0.25, 0.3) is 43.6 Å². The van der Waals surface area contributed by atoms with Gasteiger partial charge in [0.1, 0.15) is 6.23 Å². The van der Waals surface area contributed by atoms with E-state index in [2.05, 4.69) is 4.57 Å². The van der Waals surface area contributed by atoms with E-state index in [-0.39, 0.29) is 12.3 Å². The summed E-state index contributed by atoms with van der Waals surface area (Å²) in [7, 11) is 1.84. The lowest BCUT2D eigenvalue weighted by Gasteiger charge is -2.36. The number of rotatable bonds is 1. The number of nitrogens with zero attached hydrogens (tertiary/aromatic N) is 3. The zero-order valence-corrected chi connectivity index (χ0v) is 18.7. The molecule has 168 valence electrons. The average Bonchev–Trinajstić information content (AvgIpc) is 3.50. The molecule has 0 aliphatic carbocycles. The predicted molar refractivity (Wildman–Crippen MR) is 128 cm³/mol. The van der Waals surface area contributed by atoms with Gasteiger partial charge in [-0.1, -0.05) is 36.4 Å². The third kappa shape index (κ3) is 1.74. The number of fused-ring (bicyclic) bond motifs is 13. The van der Waals surface area contributed by atoms with Gasteiger partial charge < -0.3 is 23.9 Å². The zero-order valence-electron chi connectivity index (χ0n) is 18.7. The standard InChI is InChI=1S/C27H21N3O4/c1-26-27(33,13-31)11-19(34-26)29-17-9-5-3-7-14(17)21-22-16(12-28(2)25(22)32)20-15-8-4-6-10-18(15)30(26)24(20)23(21)29/h3-10,13,19,33H,11-12H2,1-2H3/t19-,26+,27+/m1/s1. The molecule has 1 fully saturated rings. The maximum absolute atomic E-state index is 13.5. The van der Waals surface area contributed by atoms with E-state index in [0.29, 0.717) is 12.8 Å². The average molecular weight is 451 g/mol. The van der Waals surface area contributed by atoms with E-state index >= 15 is 0 Å². The van der Waals surface area contributed by atoms with E-state index in [4.69, 9.17) is 4.74 Å². The second kappa shape index (κ2) is 5.51. The molecule has 3 aliphatic rings. The Bertz CT molecular complexity index is 1800. The predicted octanol–water partition coefficient (Wildman–Crippen LogP) is 4.02. The Morgan fingerprint density at radius 1 is 1.03 bits per heavy atom. The van der Waals surface area contributed by atoms with Crippen LogP contribution in [0.15, 0.2) is 48.5 Å². The van der Waals surface area contributed by atoms with Crippen LogP contribution < -0.4 is 0 Å². The molecule has 0 spiro atoms.